The van der Waals surface area contributed by atoms with Crippen LogP contribution in [0.3, 0.4) is 0 Å². The molecule has 0 unspecified atom stereocenters. The minimum absolute atomic E-state index is 0.0267. The van der Waals surface area contributed by atoms with Crippen LogP contribution in [0.4, 0.5) is 10.1 Å². The Balaban J connectivity index is 1.56. The molecule has 0 spiro atoms. The van der Waals surface area contributed by atoms with Gasteiger partial charge in [-0.25, -0.2) is 9.37 Å². The monoisotopic (exact) mass is 399 g/mol. The number of hydrogen-bond donors (Lipinski definition) is 0. The van der Waals surface area contributed by atoms with E-state index in [0.717, 1.165) is 22.5 Å². The summed E-state index contributed by atoms with van der Waals surface area (Å²) in [4.78, 5) is 19.5. The fourth-order valence-electron chi connectivity index (χ4n) is 4.39. The number of carbonyl (C=O) groups is 1. The molecule has 1 saturated heterocycles. The van der Waals surface area contributed by atoms with Gasteiger partial charge in [0.1, 0.15) is 11.6 Å². The Labute approximate surface area is 174 Å². The lowest BCUT2D eigenvalue weighted by Gasteiger charge is -2.21. The first-order valence-corrected chi connectivity index (χ1v) is 10.2. The van der Waals surface area contributed by atoms with E-state index >= 15 is 0 Å². The maximum absolute atomic E-state index is 13.3. The molecule has 2 atom stereocenters. The van der Waals surface area contributed by atoms with Gasteiger partial charge >= 0.3 is 0 Å². The van der Waals surface area contributed by atoms with Gasteiger partial charge in [-0.3, -0.25) is 4.79 Å². The van der Waals surface area contributed by atoms with Crippen LogP contribution in [0.1, 0.15) is 36.7 Å². The van der Waals surface area contributed by atoms with Crippen molar-refractivity contribution in [2.24, 2.45) is 0 Å². The van der Waals surface area contributed by atoms with Crippen molar-refractivity contribution in [1.82, 2.24) is 9.55 Å². The Kier molecular flexibility index (Phi) is 4.58. The average Bonchev–Trinajstić information content (AvgIpc) is 3.35. The van der Waals surface area contributed by atoms with E-state index in [0.29, 0.717) is 13.0 Å². The highest BCUT2D eigenvalue weighted by Crippen LogP contribution is 2.36. The lowest BCUT2D eigenvalue weighted by molar-refractivity contribution is -0.117. The van der Waals surface area contributed by atoms with E-state index in [4.69, 9.17) is 4.98 Å². The largest absolute Gasteiger partial charge is 0.320 e. The smallest absolute Gasteiger partial charge is 0.227 e. The van der Waals surface area contributed by atoms with Crippen LogP contribution in [-0.4, -0.2) is 22.0 Å². The first-order valence-electron chi connectivity index (χ1n) is 10.2. The molecule has 4 aromatic rings. The fraction of sp³-hybridized carbons (Fsp3) is 0.200. The Morgan fingerprint density at radius 2 is 1.67 bits per heavy atom. The predicted octanol–water partition coefficient (Wildman–Crippen LogP) is 5.31. The van der Waals surface area contributed by atoms with E-state index in [1.165, 1.54) is 17.7 Å². The summed E-state index contributed by atoms with van der Waals surface area (Å²) in [6, 6.07) is 24.6. The van der Waals surface area contributed by atoms with Crippen LogP contribution in [0.25, 0.3) is 11.0 Å². The molecule has 0 radical (unpaired) electrons. The number of amides is 1. The van der Waals surface area contributed by atoms with Crippen LogP contribution in [-0.2, 0) is 4.79 Å². The summed E-state index contributed by atoms with van der Waals surface area (Å²) in [5.74, 6) is 0.629. The summed E-state index contributed by atoms with van der Waals surface area (Å²) in [6.07, 6.45) is 0.391. The predicted molar refractivity (Wildman–Crippen MR) is 116 cm³/mol. The van der Waals surface area contributed by atoms with Gasteiger partial charge < -0.3 is 9.47 Å². The Morgan fingerprint density at radius 3 is 2.43 bits per heavy atom. The van der Waals surface area contributed by atoms with Crippen LogP contribution < -0.4 is 4.90 Å². The third-order valence-electron chi connectivity index (χ3n) is 5.92. The number of hydrogen-bond acceptors (Lipinski definition) is 2. The van der Waals surface area contributed by atoms with Gasteiger partial charge in [-0.15, -0.1) is 0 Å². The number of aromatic nitrogens is 2. The molecule has 3 aromatic carbocycles. The van der Waals surface area contributed by atoms with Crippen LogP contribution in [0.5, 0.6) is 0 Å². The van der Waals surface area contributed by atoms with E-state index in [-0.39, 0.29) is 23.7 Å². The minimum Gasteiger partial charge on any atom is -0.320 e. The van der Waals surface area contributed by atoms with Gasteiger partial charge in [-0.2, -0.15) is 0 Å². The number of fused-ring (bicyclic) bond motifs is 1. The molecule has 1 aliphatic heterocycles. The molecule has 5 heteroatoms. The number of imidazole rings is 1. The van der Waals surface area contributed by atoms with E-state index in [1.807, 2.05) is 36.4 Å². The van der Waals surface area contributed by atoms with Crippen molar-refractivity contribution in [3.8, 4) is 0 Å². The molecule has 5 rings (SSSR count). The molecule has 1 aromatic heterocycles. The zero-order valence-corrected chi connectivity index (χ0v) is 16.7. The lowest BCUT2D eigenvalue weighted by Crippen LogP contribution is -2.24. The summed E-state index contributed by atoms with van der Waals surface area (Å²) in [5.41, 5.74) is 3.92. The van der Waals surface area contributed by atoms with Crippen LogP contribution in [0, 0.1) is 5.82 Å². The number of para-hydroxylation sites is 2. The molecule has 1 amide bonds. The fourth-order valence-corrected chi connectivity index (χ4v) is 4.39. The SMILES string of the molecule is C[C@H](c1ccccc1)n1c([C@H]2CC(=O)N(c3ccc(F)cc3)C2)nc2ccccc21. The van der Waals surface area contributed by atoms with Crippen LogP contribution in [0.15, 0.2) is 78.9 Å². The summed E-state index contributed by atoms with van der Waals surface area (Å²) in [6.45, 7) is 2.71. The molecule has 2 heterocycles. The zero-order chi connectivity index (χ0) is 20.7. The van der Waals surface area contributed by atoms with Gasteiger partial charge in [0, 0.05) is 24.6 Å². The summed E-state index contributed by atoms with van der Waals surface area (Å²) in [5, 5.41) is 0. The van der Waals surface area contributed by atoms with Crippen molar-refractivity contribution in [2.75, 3.05) is 11.4 Å². The maximum Gasteiger partial charge on any atom is 0.227 e. The molecular formula is C25H22FN3O. The van der Waals surface area contributed by atoms with Gasteiger partial charge in [0.05, 0.1) is 17.1 Å². The van der Waals surface area contributed by atoms with Gasteiger partial charge in [-0.05, 0) is 48.9 Å². The van der Waals surface area contributed by atoms with Gasteiger partial charge in [0.25, 0.3) is 0 Å². The molecule has 1 aliphatic rings. The summed E-state index contributed by atoms with van der Waals surface area (Å²) >= 11 is 0. The van der Waals surface area contributed by atoms with Crippen LogP contribution >= 0.6 is 0 Å². The second-order valence-electron chi connectivity index (χ2n) is 7.80. The standard InChI is InChI=1S/C25H22FN3O/c1-17(18-7-3-2-4-8-18)29-23-10-6-5-9-22(23)27-25(29)19-15-24(30)28(16-19)21-13-11-20(26)12-14-21/h2-14,17,19H,15-16H2,1H3/t17-,19+/m1/s1. The van der Waals surface area contributed by atoms with Crippen molar-refractivity contribution in [3.63, 3.8) is 0 Å². The summed E-state index contributed by atoms with van der Waals surface area (Å²) in [7, 11) is 0. The van der Waals surface area contributed by atoms with Crippen molar-refractivity contribution < 1.29 is 9.18 Å². The molecule has 4 nitrogen and oxygen atoms in total. The van der Waals surface area contributed by atoms with E-state index in [2.05, 4.69) is 29.7 Å². The quantitative estimate of drug-likeness (QED) is 0.467. The molecule has 150 valence electrons. The van der Waals surface area contributed by atoms with Crippen molar-refractivity contribution in [2.45, 2.75) is 25.3 Å². The second-order valence-corrected chi connectivity index (χ2v) is 7.80. The highest BCUT2D eigenvalue weighted by molar-refractivity contribution is 5.96. The van der Waals surface area contributed by atoms with Crippen molar-refractivity contribution in [3.05, 3.63) is 96.1 Å². The molecule has 0 N–H and O–H groups in total. The van der Waals surface area contributed by atoms with Gasteiger partial charge in [-0.1, -0.05) is 42.5 Å². The normalized spacial score (nSPS) is 17.6. The lowest BCUT2D eigenvalue weighted by atomic mass is 10.0. The topological polar surface area (TPSA) is 38.1 Å². The van der Waals surface area contributed by atoms with Gasteiger partial charge in [0.15, 0.2) is 0 Å². The number of halogens is 1. The maximum atomic E-state index is 13.3. The second kappa shape index (κ2) is 7.41. The molecule has 30 heavy (non-hydrogen) atoms. The van der Waals surface area contributed by atoms with Crippen LogP contribution in [0.2, 0.25) is 0 Å². The van der Waals surface area contributed by atoms with Crippen molar-refractivity contribution >= 4 is 22.6 Å². The average molecular weight is 399 g/mol. The highest BCUT2D eigenvalue weighted by Gasteiger charge is 2.35. The Bertz CT molecular complexity index is 1200. The first-order chi connectivity index (χ1) is 14.6. The van der Waals surface area contributed by atoms with Crippen molar-refractivity contribution in [1.29, 1.82) is 0 Å². The molecule has 0 aliphatic carbocycles. The number of nitrogens with zero attached hydrogens (tertiary/aromatic N) is 3. The van der Waals surface area contributed by atoms with E-state index in [9.17, 15) is 9.18 Å². The highest BCUT2D eigenvalue weighted by atomic mass is 19.1. The number of anilines is 1. The van der Waals surface area contributed by atoms with E-state index in [1.54, 1.807) is 17.0 Å². The number of rotatable bonds is 4. The minimum atomic E-state index is -0.305. The third-order valence-corrected chi connectivity index (χ3v) is 5.92. The Hall–Kier alpha value is -3.47. The molecule has 0 saturated carbocycles. The third kappa shape index (κ3) is 3.16. The molecule has 1 fully saturated rings. The zero-order valence-electron chi connectivity index (χ0n) is 16.7. The Morgan fingerprint density at radius 1 is 0.967 bits per heavy atom. The molecular weight excluding hydrogens is 377 g/mol. The van der Waals surface area contributed by atoms with Gasteiger partial charge in [0.2, 0.25) is 5.91 Å². The van der Waals surface area contributed by atoms with E-state index < -0.39 is 0 Å². The number of carbonyl (C=O) groups excluding carboxylic acids is 1. The number of benzene rings is 3. The first kappa shape index (κ1) is 18.6. The summed E-state index contributed by atoms with van der Waals surface area (Å²) < 4.78 is 15.6. The molecule has 0 bridgehead atoms.